The summed E-state index contributed by atoms with van der Waals surface area (Å²) in [5, 5.41) is 5.98. The van der Waals surface area contributed by atoms with Gasteiger partial charge < -0.3 is 20.1 Å². The summed E-state index contributed by atoms with van der Waals surface area (Å²) in [6.45, 7) is 0.335. The fourth-order valence-electron chi connectivity index (χ4n) is 2.82. The van der Waals surface area contributed by atoms with Gasteiger partial charge in [-0.15, -0.1) is 24.8 Å². The molecule has 0 unspecified atom stereocenters. The van der Waals surface area contributed by atoms with Crippen molar-refractivity contribution in [1.82, 2.24) is 15.6 Å². The highest BCUT2D eigenvalue weighted by Crippen LogP contribution is 2.30. The van der Waals surface area contributed by atoms with Gasteiger partial charge in [0.25, 0.3) is 0 Å². The summed E-state index contributed by atoms with van der Waals surface area (Å²) in [5.74, 6) is -0.312. The number of halogens is 5. The van der Waals surface area contributed by atoms with Crippen LogP contribution in [0.25, 0.3) is 0 Å². The summed E-state index contributed by atoms with van der Waals surface area (Å²) in [6.07, 6.45) is -1.83. The van der Waals surface area contributed by atoms with Crippen LogP contribution in [0.3, 0.4) is 0 Å². The van der Waals surface area contributed by atoms with Gasteiger partial charge in [0, 0.05) is 25.4 Å². The summed E-state index contributed by atoms with van der Waals surface area (Å²) < 4.78 is 46.9. The Labute approximate surface area is 168 Å². The minimum atomic E-state index is -4.45. The number of carbonyl (C=O) groups is 1. The molecule has 0 spiro atoms. The molecule has 2 N–H and O–H groups in total. The number of nitrogens with one attached hydrogen (secondary N) is 2. The van der Waals surface area contributed by atoms with E-state index in [-0.39, 0.29) is 43.1 Å². The van der Waals surface area contributed by atoms with Crippen LogP contribution in [0.4, 0.5) is 13.2 Å². The molecule has 1 fully saturated rings. The fraction of sp³-hybridized carbons (Fsp3) is 0.625. The van der Waals surface area contributed by atoms with Crippen molar-refractivity contribution in [2.75, 3.05) is 33.4 Å². The predicted molar refractivity (Wildman–Crippen MR) is 98.5 cm³/mol. The maximum Gasteiger partial charge on any atom is 0.422 e. The van der Waals surface area contributed by atoms with Gasteiger partial charge in [-0.2, -0.15) is 13.2 Å². The zero-order valence-electron chi connectivity index (χ0n) is 14.8. The number of pyridine rings is 1. The molecule has 0 aliphatic carbocycles. The van der Waals surface area contributed by atoms with Gasteiger partial charge in [-0.05, 0) is 32.0 Å². The molecular weight excluding hydrogens is 410 g/mol. The fourth-order valence-corrected chi connectivity index (χ4v) is 2.82. The van der Waals surface area contributed by atoms with Crippen LogP contribution in [-0.2, 0) is 16.1 Å². The van der Waals surface area contributed by atoms with Gasteiger partial charge in [-0.3, -0.25) is 4.79 Å². The Kier molecular flexibility index (Phi) is 11.0. The number of amides is 1. The highest BCUT2D eigenvalue weighted by atomic mass is 35.5. The first-order valence-electron chi connectivity index (χ1n) is 7.98. The van der Waals surface area contributed by atoms with E-state index in [0.717, 1.165) is 0 Å². The van der Waals surface area contributed by atoms with Crippen molar-refractivity contribution in [2.24, 2.45) is 5.41 Å². The lowest BCUT2D eigenvalue weighted by atomic mass is 9.78. The van der Waals surface area contributed by atoms with Crippen LogP contribution in [0.1, 0.15) is 18.4 Å². The van der Waals surface area contributed by atoms with E-state index >= 15 is 0 Å². The number of hydrogen-bond donors (Lipinski definition) is 2. The van der Waals surface area contributed by atoms with Crippen molar-refractivity contribution in [1.29, 1.82) is 0 Å². The normalized spacial score (nSPS) is 15.9. The standard InChI is InChI=1S/C16H22F3N3O3.2ClH/c1-24-10-15(4-7-20-8-5-15)14(23)22-9-12-3-2-6-21-13(12)25-11-16(17,18)19;;/h2-3,6,20H,4-5,7-11H2,1H3,(H,22,23);2*1H. The van der Waals surface area contributed by atoms with E-state index < -0.39 is 18.2 Å². The molecule has 1 aromatic rings. The van der Waals surface area contributed by atoms with E-state index in [1.165, 1.54) is 6.20 Å². The molecule has 0 bridgehead atoms. The van der Waals surface area contributed by atoms with Crippen LogP contribution in [0.2, 0.25) is 0 Å². The summed E-state index contributed by atoms with van der Waals surface area (Å²) in [6, 6.07) is 3.15. The highest BCUT2D eigenvalue weighted by Gasteiger charge is 2.39. The molecule has 0 radical (unpaired) electrons. The van der Waals surface area contributed by atoms with Gasteiger partial charge in [0.15, 0.2) is 6.61 Å². The lowest BCUT2D eigenvalue weighted by Gasteiger charge is -2.35. The SMILES string of the molecule is COCC1(C(=O)NCc2cccnc2OCC(F)(F)F)CCNCC1.Cl.Cl. The topological polar surface area (TPSA) is 72.5 Å². The summed E-state index contributed by atoms with van der Waals surface area (Å²) >= 11 is 0. The zero-order valence-corrected chi connectivity index (χ0v) is 16.4. The molecule has 6 nitrogen and oxygen atoms in total. The number of carbonyl (C=O) groups excluding carboxylic acids is 1. The number of methoxy groups -OCH3 is 1. The molecule has 1 aliphatic heterocycles. The monoisotopic (exact) mass is 433 g/mol. The lowest BCUT2D eigenvalue weighted by Crippen LogP contribution is -2.50. The smallest absolute Gasteiger partial charge is 0.422 e. The van der Waals surface area contributed by atoms with E-state index in [1.807, 2.05) is 0 Å². The molecule has 2 heterocycles. The summed E-state index contributed by atoms with van der Waals surface area (Å²) in [7, 11) is 1.54. The van der Waals surface area contributed by atoms with Crippen molar-refractivity contribution in [2.45, 2.75) is 25.6 Å². The third-order valence-electron chi connectivity index (χ3n) is 4.12. The van der Waals surface area contributed by atoms with E-state index in [9.17, 15) is 18.0 Å². The third-order valence-corrected chi connectivity index (χ3v) is 4.12. The number of rotatable bonds is 7. The molecule has 1 aliphatic rings. The summed E-state index contributed by atoms with van der Waals surface area (Å²) in [4.78, 5) is 16.5. The molecule has 11 heteroatoms. The zero-order chi connectivity index (χ0) is 18.3. The quantitative estimate of drug-likeness (QED) is 0.690. The number of aromatic nitrogens is 1. The third kappa shape index (κ3) is 7.69. The molecule has 1 aromatic heterocycles. The van der Waals surface area contributed by atoms with Gasteiger partial charge in [0.2, 0.25) is 11.8 Å². The van der Waals surface area contributed by atoms with E-state index in [0.29, 0.717) is 38.1 Å². The van der Waals surface area contributed by atoms with Gasteiger partial charge in [0.1, 0.15) is 0 Å². The molecule has 0 aromatic carbocycles. The van der Waals surface area contributed by atoms with E-state index in [4.69, 9.17) is 9.47 Å². The van der Waals surface area contributed by atoms with Crippen LogP contribution >= 0.6 is 24.8 Å². The average molecular weight is 434 g/mol. The van der Waals surface area contributed by atoms with Crippen LogP contribution in [0.15, 0.2) is 18.3 Å². The Bertz CT molecular complexity index is 580. The average Bonchev–Trinajstić information content (AvgIpc) is 2.59. The molecule has 2 rings (SSSR count). The van der Waals surface area contributed by atoms with Crippen LogP contribution in [0, 0.1) is 5.41 Å². The van der Waals surface area contributed by atoms with Crippen molar-refractivity contribution < 1.29 is 27.4 Å². The molecule has 27 heavy (non-hydrogen) atoms. The second-order valence-electron chi connectivity index (χ2n) is 6.02. The van der Waals surface area contributed by atoms with Crippen molar-refractivity contribution in [3.63, 3.8) is 0 Å². The number of piperidine rings is 1. The van der Waals surface area contributed by atoms with Crippen LogP contribution < -0.4 is 15.4 Å². The van der Waals surface area contributed by atoms with Crippen molar-refractivity contribution >= 4 is 30.7 Å². The first-order valence-corrected chi connectivity index (χ1v) is 7.98. The maximum atomic E-state index is 12.7. The van der Waals surface area contributed by atoms with Crippen LogP contribution in [0.5, 0.6) is 5.88 Å². The van der Waals surface area contributed by atoms with Gasteiger partial charge >= 0.3 is 6.18 Å². The van der Waals surface area contributed by atoms with E-state index in [1.54, 1.807) is 19.2 Å². The number of alkyl halides is 3. The van der Waals surface area contributed by atoms with Crippen molar-refractivity contribution in [3.8, 4) is 5.88 Å². The molecular formula is C16H24Cl2F3N3O3. The Morgan fingerprint density at radius 2 is 2.00 bits per heavy atom. The number of hydrogen-bond acceptors (Lipinski definition) is 5. The Morgan fingerprint density at radius 3 is 2.59 bits per heavy atom. The maximum absolute atomic E-state index is 12.7. The van der Waals surface area contributed by atoms with Gasteiger partial charge in [0.05, 0.1) is 12.0 Å². The number of ether oxygens (including phenoxy) is 2. The Morgan fingerprint density at radius 1 is 1.33 bits per heavy atom. The minimum Gasteiger partial charge on any atom is -0.468 e. The molecule has 0 atom stereocenters. The van der Waals surface area contributed by atoms with Gasteiger partial charge in [-0.25, -0.2) is 4.98 Å². The molecule has 1 amide bonds. The Hall–Kier alpha value is -1.29. The second-order valence-corrected chi connectivity index (χ2v) is 6.02. The Balaban J connectivity index is 0.00000338. The van der Waals surface area contributed by atoms with Crippen LogP contribution in [-0.4, -0.2) is 50.5 Å². The first kappa shape index (κ1) is 25.7. The molecule has 0 saturated carbocycles. The molecule has 1 saturated heterocycles. The summed E-state index contributed by atoms with van der Waals surface area (Å²) in [5.41, 5.74) is -0.239. The second kappa shape index (κ2) is 11.5. The molecule has 156 valence electrons. The highest BCUT2D eigenvalue weighted by molar-refractivity contribution is 5.85. The predicted octanol–water partition coefficient (Wildman–Crippen LogP) is 2.50. The largest absolute Gasteiger partial charge is 0.468 e. The van der Waals surface area contributed by atoms with E-state index in [2.05, 4.69) is 15.6 Å². The minimum absolute atomic E-state index is 0. The lowest BCUT2D eigenvalue weighted by molar-refractivity contribution is -0.154. The first-order chi connectivity index (χ1) is 11.9. The van der Waals surface area contributed by atoms with Gasteiger partial charge in [-0.1, -0.05) is 6.07 Å². The van der Waals surface area contributed by atoms with Crippen molar-refractivity contribution in [3.05, 3.63) is 23.9 Å². The number of nitrogens with zero attached hydrogens (tertiary/aromatic N) is 1.